The van der Waals surface area contributed by atoms with Crippen molar-refractivity contribution in [1.29, 1.82) is 0 Å². The molecule has 3 nitrogen and oxygen atoms in total. The minimum Gasteiger partial charge on any atom is -0.494 e. The van der Waals surface area contributed by atoms with Gasteiger partial charge in [-0.1, -0.05) is 29.8 Å². The molecule has 21 heavy (non-hydrogen) atoms. The zero-order valence-corrected chi connectivity index (χ0v) is 15.0. The van der Waals surface area contributed by atoms with Crippen LogP contribution in [0.5, 0.6) is 5.75 Å². The molecule has 0 heterocycles. The van der Waals surface area contributed by atoms with Gasteiger partial charge in [-0.2, -0.15) is 0 Å². The second-order valence-electron chi connectivity index (χ2n) is 5.43. The number of hydrogen-bond donors (Lipinski definition) is 1. The van der Waals surface area contributed by atoms with Crippen LogP contribution in [-0.2, 0) is 4.74 Å². The van der Waals surface area contributed by atoms with E-state index in [1.54, 1.807) is 7.11 Å². The van der Waals surface area contributed by atoms with Crippen molar-refractivity contribution in [2.45, 2.75) is 33.1 Å². The normalized spacial score (nSPS) is 11.6. The van der Waals surface area contributed by atoms with Crippen molar-refractivity contribution in [2.75, 3.05) is 33.4 Å². The Morgan fingerprint density at radius 2 is 1.76 bits per heavy atom. The van der Waals surface area contributed by atoms with E-state index in [-0.39, 0.29) is 0 Å². The molecule has 0 aliphatic heterocycles. The number of ether oxygens (including phenoxy) is 2. The highest BCUT2D eigenvalue weighted by atomic mass is 79.9. The van der Waals surface area contributed by atoms with Gasteiger partial charge in [0.05, 0.1) is 13.2 Å². The molecule has 0 saturated carbocycles. The third kappa shape index (κ3) is 6.81. The Bertz CT molecular complexity index is 377. The Labute approximate surface area is 137 Å². The van der Waals surface area contributed by atoms with Crippen LogP contribution in [0.2, 0.25) is 0 Å². The summed E-state index contributed by atoms with van der Waals surface area (Å²) in [5, 5.41) is 3.50. The number of nitrogens with one attached hydrogen (secondary N) is 1. The topological polar surface area (TPSA) is 30.5 Å². The fourth-order valence-electron chi connectivity index (χ4n) is 2.39. The average Bonchev–Trinajstić information content (AvgIpc) is 2.52. The van der Waals surface area contributed by atoms with E-state index in [2.05, 4.69) is 35.1 Å². The van der Waals surface area contributed by atoms with Gasteiger partial charge in [0.1, 0.15) is 5.75 Å². The van der Waals surface area contributed by atoms with Gasteiger partial charge in [-0.25, -0.2) is 0 Å². The first kappa shape index (κ1) is 18.5. The van der Waals surface area contributed by atoms with Gasteiger partial charge in [-0.05, 0) is 48.9 Å². The predicted molar refractivity (Wildman–Crippen MR) is 92.0 cm³/mol. The average molecular weight is 358 g/mol. The largest absolute Gasteiger partial charge is 0.494 e. The summed E-state index contributed by atoms with van der Waals surface area (Å²) < 4.78 is 12.0. The van der Waals surface area contributed by atoms with Crippen LogP contribution >= 0.6 is 15.9 Å². The molecule has 0 aliphatic carbocycles. The minimum absolute atomic E-state index is 0.309. The predicted octanol–water partition coefficient (Wildman–Crippen LogP) is 4.26. The van der Waals surface area contributed by atoms with Crippen LogP contribution in [0, 0.1) is 5.41 Å². The molecule has 1 rings (SSSR count). The van der Waals surface area contributed by atoms with Gasteiger partial charge in [0, 0.05) is 24.7 Å². The monoisotopic (exact) mass is 357 g/mol. The summed E-state index contributed by atoms with van der Waals surface area (Å²) in [4.78, 5) is 0. The van der Waals surface area contributed by atoms with Crippen molar-refractivity contribution in [3.63, 3.8) is 0 Å². The van der Waals surface area contributed by atoms with Gasteiger partial charge in [-0.3, -0.25) is 0 Å². The molecule has 0 aromatic heterocycles. The van der Waals surface area contributed by atoms with Crippen molar-refractivity contribution in [3.05, 3.63) is 28.7 Å². The van der Waals surface area contributed by atoms with Crippen LogP contribution < -0.4 is 10.1 Å². The molecule has 0 amide bonds. The maximum Gasteiger partial charge on any atom is 0.119 e. The number of rotatable bonds is 11. The van der Waals surface area contributed by atoms with Crippen LogP contribution in [0.25, 0.3) is 0 Å². The SMILES string of the molecule is CCC(CC)(CCOc1ccc(Br)cc1)CNCCOC. The fraction of sp³-hybridized carbons (Fsp3) is 0.647. The van der Waals surface area contributed by atoms with Gasteiger partial charge >= 0.3 is 0 Å². The van der Waals surface area contributed by atoms with E-state index in [4.69, 9.17) is 9.47 Å². The first-order chi connectivity index (χ1) is 10.2. The maximum atomic E-state index is 5.87. The summed E-state index contributed by atoms with van der Waals surface area (Å²) in [6.07, 6.45) is 3.39. The van der Waals surface area contributed by atoms with Crippen LogP contribution in [0.3, 0.4) is 0 Å². The van der Waals surface area contributed by atoms with Crippen LogP contribution in [0.4, 0.5) is 0 Å². The van der Waals surface area contributed by atoms with E-state index in [0.29, 0.717) is 5.41 Å². The van der Waals surface area contributed by atoms with Crippen molar-refractivity contribution < 1.29 is 9.47 Å². The van der Waals surface area contributed by atoms with E-state index in [1.165, 1.54) is 0 Å². The Balaban J connectivity index is 2.40. The van der Waals surface area contributed by atoms with E-state index >= 15 is 0 Å². The highest BCUT2D eigenvalue weighted by Gasteiger charge is 2.25. The van der Waals surface area contributed by atoms with Crippen LogP contribution in [0.1, 0.15) is 33.1 Å². The lowest BCUT2D eigenvalue weighted by molar-refractivity contribution is 0.161. The second kappa shape index (κ2) is 10.2. The maximum absolute atomic E-state index is 5.87. The lowest BCUT2D eigenvalue weighted by Crippen LogP contribution is -2.36. The molecule has 1 aromatic carbocycles. The lowest BCUT2D eigenvalue weighted by atomic mass is 9.79. The molecular weight excluding hydrogens is 330 g/mol. The van der Waals surface area contributed by atoms with E-state index in [0.717, 1.165) is 55.8 Å². The summed E-state index contributed by atoms with van der Waals surface area (Å²) in [5.41, 5.74) is 0.309. The third-order valence-electron chi connectivity index (χ3n) is 4.20. The fourth-order valence-corrected chi connectivity index (χ4v) is 2.65. The van der Waals surface area contributed by atoms with E-state index in [1.807, 2.05) is 24.3 Å². The van der Waals surface area contributed by atoms with Gasteiger partial charge in [0.2, 0.25) is 0 Å². The number of halogens is 1. The smallest absolute Gasteiger partial charge is 0.119 e. The van der Waals surface area contributed by atoms with Gasteiger partial charge in [0.25, 0.3) is 0 Å². The lowest BCUT2D eigenvalue weighted by Gasteiger charge is -2.32. The van der Waals surface area contributed by atoms with Gasteiger partial charge < -0.3 is 14.8 Å². The van der Waals surface area contributed by atoms with Crippen molar-refractivity contribution in [3.8, 4) is 5.75 Å². The Morgan fingerprint density at radius 1 is 1.10 bits per heavy atom. The standard InChI is InChI=1S/C17H28BrNO2/c1-4-17(5-2,14-19-11-13-20-3)10-12-21-16-8-6-15(18)7-9-16/h6-9,19H,4-5,10-14H2,1-3H3. The van der Waals surface area contributed by atoms with Gasteiger partial charge in [-0.15, -0.1) is 0 Å². The molecule has 4 heteroatoms. The summed E-state index contributed by atoms with van der Waals surface area (Å²) in [7, 11) is 1.74. The Morgan fingerprint density at radius 3 is 2.33 bits per heavy atom. The zero-order chi connectivity index (χ0) is 15.6. The number of hydrogen-bond acceptors (Lipinski definition) is 3. The van der Waals surface area contributed by atoms with Crippen LogP contribution in [-0.4, -0.2) is 33.4 Å². The first-order valence-corrected chi connectivity index (χ1v) is 8.53. The first-order valence-electron chi connectivity index (χ1n) is 7.74. The molecule has 0 atom stereocenters. The molecule has 1 N–H and O–H groups in total. The highest BCUT2D eigenvalue weighted by molar-refractivity contribution is 9.10. The minimum atomic E-state index is 0.309. The van der Waals surface area contributed by atoms with Crippen molar-refractivity contribution >= 4 is 15.9 Å². The molecule has 120 valence electrons. The molecule has 0 unspecified atom stereocenters. The highest BCUT2D eigenvalue weighted by Crippen LogP contribution is 2.30. The molecule has 0 fully saturated rings. The molecule has 0 spiro atoms. The quantitative estimate of drug-likeness (QED) is 0.600. The summed E-state index contributed by atoms with van der Waals surface area (Å²) in [5.74, 6) is 0.937. The zero-order valence-electron chi connectivity index (χ0n) is 13.5. The molecule has 0 bridgehead atoms. The summed E-state index contributed by atoms with van der Waals surface area (Å²) in [6.45, 7) is 7.98. The molecule has 0 radical (unpaired) electrons. The second-order valence-corrected chi connectivity index (χ2v) is 6.34. The summed E-state index contributed by atoms with van der Waals surface area (Å²) >= 11 is 3.43. The molecule has 0 saturated heterocycles. The number of benzene rings is 1. The Hall–Kier alpha value is -0.580. The number of methoxy groups -OCH3 is 1. The van der Waals surface area contributed by atoms with Crippen LogP contribution in [0.15, 0.2) is 28.7 Å². The van der Waals surface area contributed by atoms with Gasteiger partial charge in [0.15, 0.2) is 0 Å². The molecule has 0 aliphatic rings. The van der Waals surface area contributed by atoms with Crippen molar-refractivity contribution in [2.24, 2.45) is 5.41 Å². The van der Waals surface area contributed by atoms with Crippen molar-refractivity contribution in [1.82, 2.24) is 5.32 Å². The van der Waals surface area contributed by atoms with E-state index < -0.39 is 0 Å². The summed E-state index contributed by atoms with van der Waals surface area (Å²) in [6, 6.07) is 8.02. The molecule has 1 aromatic rings. The molecular formula is C17H28BrNO2. The Kier molecular flexibility index (Phi) is 8.97. The third-order valence-corrected chi connectivity index (χ3v) is 4.73. The van der Waals surface area contributed by atoms with E-state index in [9.17, 15) is 0 Å².